The summed E-state index contributed by atoms with van der Waals surface area (Å²) in [5.74, 6) is 1.76. The van der Waals surface area contributed by atoms with Crippen molar-refractivity contribution in [3.63, 3.8) is 0 Å². The summed E-state index contributed by atoms with van der Waals surface area (Å²) in [6.45, 7) is 1.70. The number of rotatable bonds is 2. The Bertz CT molecular complexity index is 352. The second-order valence-electron chi connectivity index (χ2n) is 6.98. The highest BCUT2D eigenvalue weighted by Crippen LogP contribution is 2.42. The number of hydrogen-bond donors (Lipinski definition) is 1. The van der Waals surface area contributed by atoms with Crippen LogP contribution in [0, 0.1) is 17.8 Å². The first-order valence-electron chi connectivity index (χ1n) is 8.26. The van der Waals surface area contributed by atoms with Gasteiger partial charge in [0.2, 0.25) is 5.91 Å². The van der Waals surface area contributed by atoms with Gasteiger partial charge in [0.15, 0.2) is 0 Å². The molecule has 5 heteroatoms. The third-order valence-electron chi connectivity index (χ3n) is 5.79. The molecule has 1 heterocycles. The van der Waals surface area contributed by atoms with E-state index in [-0.39, 0.29) is 24.4 Å². The van der Waals surface area contributed by atoms with Crippen LogP contribution in [0.5, 0.6) is 0 Å². The Balaban J connectivity index is 0.00000161. The molecule has 1 amide bonds. The molecule has 2 bridgehead atoms. The number of carbonyl (C=O) groups is 1. The Morgan fingerprint density at radius 3 is 2.43 bits per heavy atom. The Kier molecular flexibility index (Phi) is 5.92. The first-order chi connectivity index (χ1) is 9.69. The molecule has 122 valence electrons. The largest absolute Gasteiger partial charge is 0.380 e. The Morgan fingerprint density at radius 2 is 1.81 bits per heavy atom. The van der Waals surface area contributed by atoms with Gasteiger partial charge in [-0.2, -0.15) is 0 Å². The number of amides is 1. The molecule has 4 nitrogen and oxygen atoms in total. The van der Waals surface area contributed by atoms with Crippen molar-refractivity contribution < 1.29 is 9.53 Å². The van der Waals surface area contributed by atoms with E-state index in [1.54, 1.807) is 7.11 Å². The van der Waals surface area contributed by atoms with Gasteiger partial charge in [0.1, 0.15) is 0 Å². The fraction of sp³-hybridized carbons (Fsp3) is 0.938. The van der Waals surface area contributed by atoms with E-state index in [1.807, 2.05) is 0 Å². The molecule has 2 aliphatic carbocycles. The van der Waals surface area contributed by atoms with Gasteiger partial charge >= 0.3 is 0 Å². The van der Waals surface area contributed by atoms with Gasteiger partial charge in [-0.15, -0.1) is 12.4 Å². The van der Waals surface area contributed by atoms with Crippen LogP contribution in [0.25, 0.3) is 0 Å². The monoisotopic (exact) mass is 316 g/mol. The highest BCUT2D eigenvalue weighted by Gasteiger charge is 2.42. The van der Waals surface area contributed by atoms with Crippen molar-refractivity contribution in [1.29, 1.82) is 0 Å². The van der Waals surface area contributed by atoms with E-state index in [2.05, 4.69) is 4.90 Å². The molecule has 1 saturated heterocycles. The molecule has 2 N–H and O–H groups in total. The second-order valence-corrected chi connectivity index (χ2v) is 6.98. The number of fused-ring (bicyclic) bond motifs is 2. The summed E-state index contributed by atoms with van der Waals surface area (Å²) >= 11 is 0. The van der Waals surface area contributed by atoms with Gasteiger partial charge in [-0.25, -0.2) is 0 Å². The fourth-order valence-electron chi connectivity index (χ4n) is 4.58. The van der Waals surface area contributed by atoms with Crippen LogP contribution in [0.1, 0.15) is 44.9 Å². The minimum atomic E-state index is 0. The molecule has 3 fully saturated rings. The van der Waals surface area contributed by atoms with E-state index < -0.39 is 0 Å². The van der Waals surface area contributed by atoms with E-state index >= 15 is 0 Å². The number of carbonyl (C=O) groups excluding carboxylic acids is 1. The number of methoxy groups -OCH3 is 1. The SMILES string of the molecule is COC1CCCN(C(=O)C2CC3CCCC(C2)C3N)C1.Cl. The van der Waals surface area contributed by atoms with Crippen LogP contribution in [0.15, 0.2) is 0 Å². The van der Waals surface area contributed by atoms with Crippen LogP contribution in [0.2, 0.25) is 0 Å². The van der Waals surface area contributed by atoms with Crippen molar-refractivity contribution in [1.82, 2.24) is 4.90 Å². The second kappa shape index (κ2) is 7.30. The number of likely N-dealkylation sites (tertiary alicyclic amines) is 1. The lowest BCUT2D eigenvalue weighted by atomic mass is 9.65. The standard InChI is InChI=1S/C16H28N2O2.ClH/c1-20-14-6-3-7-18(10-14)16(19)13-8-11-4-2-5-12(9-13)15(11)17;/h11-15H,2-10,17H2,1H3;1H. The summed E-state index contributed by atoms with van der Waals surface area (Å²) in [5.41, 5.74) is 6.32. The van der Waals surface area contributed by atoms with Crippen molar-refractivity contribution >= 4 is 18.3 Å². The molecule has 0 spiro atoms. The van der Waals surface area contributed by atoms with E-state index in [9.17, 15) is 4.79 Å². The van der Waals surface area contributed by atoms with Gasteiger partial charge in [0, 0.05) is 32.2 Å². The third-order valence-corrected chi connectivity index (χ3v) is 5.79. The molecule has 0 radical (unpaired) electrons. The summed E-state index contributed by atoms with van der Waals surface area (Å²) < 4.78 is 5.44. The van der Waals surface area contributed by atoms with Crippen LogP contribution in [-0.4, -0.2) is 43.2 Å². The topological polar surface area (TPSA) is 55.6 Å². The minimum Gasteiger partial charge on any atom is -0.380 e. The van der Waals surface area contributed by atoms with Gasteiger partial charge < -0.3 is 15.4 Å². The van der Waals surface area contributed by atoms with Crippen molar-refractivity contribution in [2.45, 2.75) is 57.1 Å². The third kappa shape index (κ3) is 3.54. The average molecular weight is 317 g/mol. The predicted octanol–water partition coefficient (Wildman–Crippen LogP) is 2.20. The van der Waals surface area contributed by atoms with Crippen molar-refractivity contribution in [3.05, 3.63) is 0 Å². The van der Waals surface area contributed by atoms with Crippen molar-refractivity contribution in [2.75, 3.05) is 20.2 Å². The van der Waals surface area contributed by atoms with Crippen LogP contribution < -0.4 is 5.73 Å². The number of piperidine rings is 1. The van der Waals surface area contributed by atoms with Gasteiger partial charge in [0.25, 0.3) is 0 Å². The highest BCUT2D eigenvalue weighted by atomic mass is 35.5. The lowest BCUT2D eigenvalue weighted by Crippen LogP contribution is -2.51. The van der Waals surface area contributed by atoms with E-state index in [0.717, 1.165) is 38.8 Å². The molecule has 3 rings (SSSR count). The molecule has 3 aliphatic rings. The molecule has 21 heavy (non-hydrogen) atoms. The maximum Gasteiger partial charge on any atom is 0.225 e. The molecular weight excluding hydrogens is 288 g/mol. The van der Waals surface area contributed by atoms with Crippen LogP contribution in [-0.2, 0) is 9.53 Å². The molecule has 3 atom stereocenters. The summed E-state index contributed by atoms with van der Waals surface area (Å²) in [4.78, 5) is 14.8. The number of hydrogen-bond acceptors (Lipinski definition) is 3. The fourth-order valence-corrected chi connectivity index (χ4v) is 4.58. The van der Waals surface area contributed by atoms with Gasteiger partial charge in [-0.1, -0.05) is 6.42 Å². The zero-order valence-corrected chi connectivity index (χ0v) is 13.8. The molecule has 2 saturated carbocycles. The summed E-state index contributed by atoms with van der Waals surface area (Å²) in [7, 11) is 1.75. The smallest absolute Gasteiger partial charge is 0.225 e. The molecular formula is C16H29ClN2O2. The average Bonchev–Trinajstić information content (AvgIpc) is 2.46. The molecule has 3 unspecified atom stereocenters. The number of ether oxygens (including phenoxy) is 1. The summed E-state index contributed by atoms with van der Waals surface area (Å²) in [6, 6.07) is 0.348. The number of nitrogens with two attached hydrogens (primary N) is 1. The van der Waals surface area contributed by atoms with Gasteiger partial charge in [-0.05, 0) is 50.4 Å². The maximum absolute atomic E-state index is 12.8. The van der Waals surface area contributed by atoms with E-state index in [0.29, 0.717) is 23.8 Å². The summed E-state index contributed by atoms with van der Waals surface area (Å²) in [5, 5.41) is 0. The van der Waals surface area contributed by atoms with Crippen LogP contribution in [0.4, 0.5) is 0 Å². The van der Waals surface area contributed by atoms with E-state index in [4.69, 9.17) is 10.5 Å². The van der Waals surface area contributed by atoms with Gasteiger partial charge in [-0.3, -0.25) is 4.79 Å². The van der Waals surface area contributed by atoms with Crippen LogP contribution >= 0.6 is 12.4 Å². The molecule has 0 aromatic rings. The normalized spacial score (nSPS) is 39.5. The first kappa shape index (κ1) is 17.0. The van der Waals surface area contributed by atoms with E-state index in [1.165, 1.54) is 19.3 Å². The highest BCUT2D eigenvalue weighted by molar-refractivity contribution is 5.85. The maximum atomic E-state index is 12.8. The zero-order chi connectivity index (χ0) is 14.1. The summed E-state index contributed by atoms with van der Waals surface area (Å²) in [6.07, 6.45) is 8.18. The number of nitrogens with zero attached hydrogens (tertiary/aromatic N) is 1. The Hall–Kier alpha value is -0.320. The number of halogens is 1. The Labute approximate surface area is 134 Å². The van der Waals surface area contributed by atoms with Gasteiger partial charge in [0.05, 0.1) is 6.10 Å². The zero-order valence-electron chi connectivity index (χ0n) is 13.0. The molecule has 0 aromatic heterocycles. The quantitative estimate of drug-likeness (QED) is 0.849. The molecule has 0 aromatic carbocycles. The predicted molar refractivity (Wildman–Crippen MR) is 85.4 cm³/mol. The molecule has 1 aliphatic heterocycles. The minimum absolute atomic E-state index is 0. The lowest BCUT2D eigenvalue weighted by molar-refractivity contribution is -0.142. The van der Waals surface area contributed by atoms with Crippen molar-refractivity contribution in [2.24, 2.45) is 23.5 Å². The van der Waals surface area contributed by atoms with Crippen molar-refractivity contribution in [3.8, 4) is 0 Å². The van der Waals surface area contributed by atoms with Crippen LogP contribution in [0.3, 0.4) is 0 Å². The lowest BCUT2D eigenvalue weighted by Gasteiger charge is -2.45. The Morgan fingerprint density at radius 1 is 1.14 bits per heavy atom. The first-order valence-corrected chi connectivity index (χ1v) is 8.26.